The van der Waals surface area contributed by atoms with Crippen LogP contribution in [-0.4, -0.2) is 20.5 Å². The summed E-state index contributed by atoms with van der Waals surface area (Å²) in [4.78, 5) is 44.2. The molecule has 154 valence electrons. The van der Waals surface area contributed by atoms with Gasteiger partial charge in [-0.25, -0.2) is 0 Å². The molecule has 0 radical (unpaired) electrons. The fraction of sp³-hybridized carbons (Fsp3) is 0.0952. The maximum absolute atomic E-state index is 13.5. The molecule has 2 aromatic heterocycles. The summed E-state index contributed by atoms with van der Waals surface area (Å²) < 4.78 is 2.04. The SMILES string of the molecule is Cc1nn2c(=O)/c(=C3/C(=O)N(Cc4ccccc4Cl)c4ccc(Br)cc43)sc2nc1=O. The first-order valence-electron chi connectivity index (χ1n) is 9.15. The summed E-state index contributed by atoms with van der Waals surface area (Å²) >= 11 is 10.7. The van der Waals surface area contributed by atoms with Crippen molar-refractivity contribution in [3.63, 3.8) is 0 Å². The summed E-state index contributed by atoms with van der Waals surface area (Å²) in [6.07, 6.45) is 0. The van der Waals surface area contributed by atoms with Crippen molar-refractivity contribution in [1.29, 1.82) is 0 Å². The van der Waals surface area contributed by atoms with E-state index in [1.165, 1.54) is 6.92 Å². The highest BCUT2D eigenvalue weighted by molar-refractivity contribution is 9.10. The van der Waals surface area contributed by atoms with E-state index in [1.54, 1.807) is 17.0 Å². The third-order valence-electron chi connectivity index (χ3n) is 5.01. The molecular formula is C21H12BrClN4O3S. The van der Waals surface area contributed by atoms with Crippen LogP contribution in [-0.2, 0) is 11.3 Å². The topological polar surface area (TPSA) is 84.6 Å². The number of hydrogen-bond donors (Lipinski definition) is 0. The standard InChI is InChI=1S/C21H12BrClN4O3S/c1-10-18(28)24-21-27(25-10)20(30)17(31-21)16-13-8-12(22)6-7-15(13)26(19(16)29)9-11-4-2-3-5-14(11)23/h2-8H,9H2,1H3/b17-16-. The van der Waals surface area contributed by atoms with Gasteiger partial charge in [0.25, 0.3) is 17.0 Å². The van der Waals surface area contributed by atoms with Crippen LogP contribution in [0.15, 0.2) is 56.5 Å². The van der Waals surface area contributed by atoms with Crippen molar-refractivity contribution in [3.8, 4) is 0 Å². The largest absolute Gasteiger partial charge is 0.303 e. The molecule has 1 aliphatic rings. The van der Waals surface area contributed by atoms with E-state index in [0.717, 1.165) is 25.9 Å². The maximum atomic E-state index is 13.5. The van der Waals surface area contributed by atoms with Crippen LogP contribution in [0.5, 0.6) is 0 Å². The summed E-state index contributed by atoms with van der Waals surface area (Å²) in [6.45, 7) is 1.74. The van der Waals surface area contributed by atoms with E-state index < -0.39 is 11.1 Å². The van der Waals surface area contributed by atoms with Crippen molar-refractivity contribution in [2.75, 3.05) is 4.90 Å². The minimum absolute atomic E-state index is 0.116. The van der Waals surface area contributed by atoms with Crippen LogP contribution in [0.3, 0.4) is 0 Å². The zero-order valence-corrected chi connectivity index (χ0v) is 19.1. The lowest BCUT2D eigenvalue weighted by atomic mass is 10.1. The Balaban J connectivity index is 1.79. The average Bonchev–Trinajstić information content (AvgIpc) is 3.17. The Morgan fingerprint density at radius 2 is 1.90 bits per heavy atom. The van der Waals surface area contributed by atoms with Gasteiger partial charge < -0.3 is 4.90 Å². The number of fused-ring (bicyclic) bond motifs is 2. The summed E-state index contributed by atoms with van der Waals surface area (Å²) in [5, 5.41) is 4.59. The molecule has 0 N–H and O–H groups in total. The van der Waals surface area contributed by atoms with Crippen LogP contribution in [0.1, 0.15) is 16.8 Å². The first kappa shape index (κ1) is 20.0. The number of amides is 1. The van der Waals surface area contributed by atoms with Crippen molar-refractivity contribution in [1.82, 2.24) is 14.6 Å². The average molecular weight is 516 g/mol. The quantitative estimate of drug-likeness (QED) is 0.410. The minimum Gasteiger partial charge on any atom is -0.303 e. The molecule has 0 unspecified atom stereocenters. The second kappa shape index (κ2) is 7.37. The third-order valence-corrected chi connectivity index (χ3v) is 6.90. The molecule has 4 aromatic rings. The summed E-state index contributed by atoms with van der Waals surface area (Å²) in [7, 11) is 0. The number of rotatable bonds is 2. The predicted molar refractivity (Wildman–Crippen MR) is 123 cm³/mol. The molecule has 0 spiro atoms. The molecule has 1 amide bonds. The summed E-state index contributed by atoms with van der Waals surface area (Å²) in [5.74, 6) is -0.323. The first-order chi connectivity index (χ1) is 14.8. The van der Waals surface area contributed by atoms with Gasteiger partial charge in [-0.15, -0.1) is 0 Å². The van der Waals surface area contributed by atoms with E-state index in [1.807, 2.05) is 30.3 Å². The number of carbonyl (C=O) groups excluding carboxylic acids is 1. The summed E-state index contributed by atoms with van der Waals surface area (Å²) in [5.41, 5.74) is 1.47. The Morgan fingerprint density at radius 1 is 1.13 bits per heavy atom. The maximum Gasteiger partial charge on any atom is 0.295 e. The van der Waals surface area contributed by atoms with E-state index in [9.17, 15) is 14.4 Å². The van der Waals surface area contributed by atoms with Crippen molar-refractivity contribution in [2.45, 2.75) is 13.5 Å². The smallest absolute Gasteiger partial charge is 0.295 e. The van der Waals surface area contributed by atoms with Gasteiger partial charge in [0.15, 0.2) is 0 Å². The molecule has 2 aromatic carbocycles. The van der Waals surface area contributed by atoms with Gasteiger partial charge in [0, 0.05) is 15.1 Å². The number of aryl methyl sites for hydroxylation is 1. The molecule has 10 heteroatoms. The number of hydrogen-bond acceptors (Lipinski definition) is 6. The van der Waals surface area contributed by atoms with Crippen LogP contribution < -0.4 is 20.6 Å². The number of carbonyl (C=O) groups is 1. The molecule has 31 heavy (non-hydrogen) atoms. The molecule has 0 aliphatic carbocycles. The lowest BCUT2D eigenvalue weighted by Gasteiger charge is -2.18. The number of halogens is 2. The highest BCUT2D eigenvalue weighted by Crippen LogP contribution is 2.38. The number of anilines is 1. The van der Waals surface area contributed by atoms with Gasteiger partial charge in [-0.2, -0.15) is 14.6 Å². The molecule has 0 fully saturated rings. The zero-order chi connectivity index (χ0) is 21.9. The molecule has 0 bridgehead atoms. The second-order valence-corrected chi connectivity index (χ2v) is 9.25. The number of benzene rings is 2. The van der Waals surface area contributed by atoms with Gasteiger partial charge in [-0.05, 0) is 36.8 Å². The molecule has 0 saturated heterocycles. The highest BCUT2D eigenvalue weighted by Gasteiger charge is 2.35. The van der Waals surface area contributed by atoms with Gasteiger partial charge >= 0.3 is 0 Å². The van der Waals surface area contributed by atoms with Gasteiger partial charge in [0.1, 0.15) is 10.2 Å². The molecule has 5 rings (SSSR count). The Morgan fingerprint density at radius 3 is 2.68 bits per heavy atom. The van der Waals surface area contributed by atoms with Gasteiger partial charge in [-0.1, -0.05) is 57.1 Å². The Hall–Kier alpha value is -2.88. The number of nitrogens with zero attached hydrogens (tertiary/aromatic N) is 4. The van der Waals surface area contributed by atoms with Gasteiger partial charge in [0.2, 0.25) is 4.96 Å². The van der Waals surface area contributed by atoms with Crippen molar-refractivity contribution < 1.29 is 4.79 Å². The first-order valence-corrected chi connectivity index (χ1v) is 11.1. The minimum atomic E-state index is -0.501. The number of thiazole rings is 1. The predicted octanol–water partition coefficient (Wildman–Crippen LogP) is 2.70. The summed E-state index contributed by atoms with van der Waals surface area (Å²) in [6, 6.07) is 12.8. The van der Waals surface area contributed by atoms with Gasteiger partial charge in [0.05, 0.1) is 17.8 Å². The van der Waals surface area contributed by atoms with Gasteiger partial charge in [-0.3, -0.25) is 14.4 Å². The lowest BCUT2D eigenvalue weighted by Crippen LogP contribution is -2.33. The third kappa shape index (κ3) is 3.20. The molecular weight excluding hydrogens is 504 g/mol. The van der Waals surface area contributed by atoms with Crippen LogP contribution in [0.25, 0.3) is 10.5 Å². The van der Waals surface area contributed by atoms with E-state index in [4.69, 9.17) is 11.6 Å². The molecule has 1 aliphatic heterocycles. The van der Waals surface area contributed by atoms with Crippen LogP contribution in [0.4, 0.5) is 5.69 Å². The van der Waals surface area contributed by atoms with E-state index in [-0.39, 0.29) is 33.2 Å². The Bertz CT molecular complexity index is 1580. The van der Waals surface area contributed by atoms with Crippen molar-refractivity contribution in [2.24, 2.45) is 0 Å². The lowest BCUT2D eigenvalue weighted by molar-refractivity contribution is -0.113. The Labute approximate surface area is 192 Å². The Kier molecular flexibility index (Phi) is 4.76. The number of aromatic nitrogens is 3. The molecule has 0 atom stereocenters. The van der Waals surface area contributed by atoms with E-state index in [2.05, 4.69) is 26.0 Å². The molecule has 0 saturated carbocycles. The zero-order valence-electron chi connectivity index (χ0n) is 15.9. The van der Waals surface area contributed by atoms with E-state index >= 15 is 0 Å². The molecule has 7 nitrogen and oxygen atoms in total. The van der Waals surface area contributed by atoms with Crippen molar-refractivity contribution in [3.05, 3.63) is 94.0 Å². The second-order valence-electron chi connectivity index (χ2n) is 6.95. The highest BCUT2D eigenvalue weighted by atomic mass is 79.9. The normalized spacial score (nSPS) is 15.1. The molecule has 3 heterocycles. The fourth-order valence-corrected chi connectivity index (χ4v) is 5.07. The monoisotopic (exact) mass is 514 g/mol. The van der Waals surface area contributed by atoms with Crippen LogP contribution in [0.2, 0.25) is 5.02 Å². The van der Waals surface area contributed by atoms with E-state index in [0.29, 0.717) is 16.3 Å². The van der Waals surface area contributed by atoms with Crippen LogP contribution >= 0.6 is 38.9 Å². The fourth-order valence-electron chi connectivity index (χ4n) is 3.51. The van der Waals surface area contributed by atoms with Crippen molar-refractivity contribution >= 4 is 61.0 Å². The van der Waals surface area contributed by atoms with Crippen LogP contribution in [0, 0.1) is 6.92 Å².